The number of fused-ring (bicyclic) bond motifs is 1. The molecule has 0 atom stereocenters. The molecule has 4 aromatic carbocycles. The third kappa shape index (κ3) is 3.01. The summed E-state index contributed by atoms with van der Waals surface area (Å²) in [6.07, 6.45) is 0. The van der Waals surface area contributed by atoms with Crippen LogP contribution in [0.5, 0.6) is 0 Å². The maximum atomic E-state index is 12.0. The fourth-order valence-corrected chi connectivity index (χ4v) is 4.02. The van der Waals surface area contributed by atoms with Crippen LogP contribution >= 0.6 is 0 Å². The second kappa shape index (κ2) is 6.41. The first kappa shape index (κ1) is 16.5. The van der Waals surface area contributed by atoms with Gasteiger partial charge >= 0.3 is 0 Å². The van der Waals surface area contributed by atoms with Crippen molar-refractivity contribution in [3.8, 4) is 22.3 Å². The minimum Gasteiger partial charge on any atom is -0.225 e. The van der Waals surface area contributed by atoms with Crippen LogP contribution in [0.25, 0.3) is 33.0 Å². The van der Waals surface area contributed by atoms with Gasteiger partial charge in [0.1, 0.15) is 0 Å². The van der Waals surface area contributed by atoms with Crippen molar-refractivity contribution in [3.05, 3.63) is 91.0 Å². The van der Waals surface area contributed by atoms with Crippen molar-refractivity contribution in [3.63, 3.8) is 0 Å². The number of nitrogens with two attached hydrogens (primary N) is 1. The predicted molar refractivity (Wildman–Crippen MR) is 106 cm³/mol. The molecule has 0 bridgehead atoms. The van der Waals surface area contributed by atoms with E-state index in [4.69, 9.17) is 5.14 Å². The van der Waals surface area contributed by atoms with Gasteiger partial charge in [-0.05, 0) is 39.6 Å². The highest BCUT2D eigenvalue weighted by Crippen LogP contribution is 2.36. The summed E-state index contributed by atoms with van der Waals surface area (Å²) < 4.78 is 24.1. The molecule has 0 radical (unpaired) electrons. The van der Waals surface area contributed by atoms with E-state index in [1.807, 2.05) is 42.5 Å². The summed E-state index contributed by atoms with van der Waals surface area (Å²) in [7, 11) is -3.82. The van der Waals surface area contributed by atoms with E-state index in [1.165, 1.54) is 5.39 Å². The average molecular weight is 359 g/mol. The normalized spacial score (nSPS) is 11.6. The summed E-state index contributed by atoms with van der Waals surface area (Å²) in [6.45, 7) is 0. The second-order valence-corrected chi connectivity index (χ2v) is 7.68. The molecule has 0 saturated carbocycles. The van der Waals surface area contributed by atoms with Crippen LogP contribution in [-0.2, 0) is 10.0 Å². The van der Waals surface area contributed by atoms with E-state index >= 15 is 0 Å². The molecular formula is C22H17NO2S. The molecule has 4 aromatic rings. The first-order valence-corrected chi connectivity index (χ1v) is 9.79. The van der Waals surface area contributed by atoms with Crippen molar-refractivity contribution in [2.75, 3.05) is 0 Å². The molecular weight excluding hydrogens is 342 g/mol. The standard InChI is InChI=1S/C22H17NO2S/c23-26(24,25)22-12-6-5-11-21(22)20-10-4-3-9-19(20)18-14-13-16-7-1-2-8-17(16)15-18/h1-15H,(H2,23,24,25). The number of benzene rings is 4. The van der Waals surface area contributed by atoms with Crippen LogP contribution in [-0.4, -0.2) is 8.42 Å². The number of sulfonamides is 1. The average Bonchev–Trinajstić information content (AvgIpc) is 2.67. The lowest BCUT2D eigenvalue weighted by Gasteiger charge is -2.13. The minimum absolute atomic E-state index is 0.133. The summed E-state index contributed by atoms with van der Waals surface area (Å²) in [4.78, 5) is 0.133. The highest BCUT2D eigenvalue weighted by molar-refractivity contribution is 7.89. The molecule has 0 aliphatic carbocycles. The molecule has 128 valence electrons. The van der Waals surface area contributed by atoms with Gasteiger partial charge in [-0.25, -0.2) is 13.6 Å². The van der Waals surface area contributed by atoms with E-state index in [0.29, 0.717) is 5.56 Å². The third-order valence-electron chi connectivity index (χ3n) is 4.47. The van der Waals surface area contributed by atoms with Crippen LogP contribution in [0.15, 0.2) is 95.9 Å². The molecule has 4 rings (SSSR count). The molecule has 0 heterocycles. The van der Waals surface area contributed by atoms with Crippen LogP contribution in [0.1, 0.15) is 0 Å². The van der Waals surface area contributed by atoms with E-state index < -0.39 is 10.0 Å². The quantitative estimate of drug-likeness (QED) is 0.570. The van der Waals surface area contributed by atoms with Gasteiger partial charge in [0, 0.05) is 5.56 Å². The number of hydrogen-bond acceptors (Lipinski definition) is 2. The highest BCUT2D eigenvalue weighted by atomic mass is 32.2. The largest absolute Gasteiger partial charge is 0.238 e. The summed E-state index contributed by atoms with van der Waals surface area (Å²) in [6, 6.07) is 29.0. The molecule has 0 aliphatic rings. The van der Waals surface area contributed by atoms with Crippen molar-refractivity contribution in [1.82, 2.24) is 0 Å². The molecule has 0 unspecified atom stereocenters. The fourth-order valence-electron chi connectivity index (χ4n) is 3.26. The number of rotatable bonds is 3. The zero-order chi connectivity index (χ0) is 18.1. The SMILES string of the molecule is NS(=O)(=O)c1ccccc1-c1ccccc1-c1ccc2ccccc2c1. The van der Waals surface area contributed by atoms with E-state index in [2.05, 4.69) is 30.3 Å². The molecule has 0 aromatic heterocycles. The molecule has 0 spiro atoms. The second-order valence-electron chi connectivity index (χ2n) is 6.15. The maximum Gasteiger partial charge on any atom is 0.238 e. The smallest absolute Gasteiger partial charge is 0.225 e. The van der Waals surface area contributed by atoms with Gasteiger partial charge in [0.05, 0.1) is 4.90 Å². The minimum atomic E-state index is -3.82. The molecule has 4 heteroatoms. The summed E-state index contributed by atoms with van der Waals surface area (Å²) in [5.74, 6) is 0. The molecule has 0 aliphatic heterocycles. The van der Waals surface area contributed by atoms with Crippen molar-refractivity contribution in [2.24, 2.45) is 5.14 Å². The molecule has 0 saturated heterocycles. The molecule has 3 nitrogen and oxygen atoms in total. The first-order chi connectivity index (χ1) is 12.5. The predicted octanol–water partition coefficient (Wildman–Crippen LogP) is 4.82. The zero-order valence-corrected chi connectivity index (χ0v) is 14.8. The van der Waals surface area contributed by atoms with Crippen LogP contribution in [0.2, 0.25) is 0 Å². The van der Waals surface area contributed by atoms with Crippen molar-refractivity contribution < 1.29 is 8.42 Å². The Kier molecular flexibility index (Phi) is 4.07. The Morgan fingerprint density at radius 2 is 1.15 bits per heavy atom. The number of primary sulfonamides is 1. The molecule has 0 fully saturated rings. The van der Waals surface area contributed by atoms with E-state index in [9.17, 15) is 8.42 Å². The van der Waals surface area contributed by atoms with E-state index in [-0.39, 0.29) is 4.90 Å². The summed E-state index contributed by atoms with van der Waals surface area (Å²) >= 11 is 0. The lowest BCUT2D eigenvalue weighted by Crippen LogP contribution is -2.13. The van der Waals surface area contributed by atoms with Gasteiger partial charge in [-0.1, -0.05) is 78.9 Å². The Morgan fingerprint density at radius 3 is 1.88 bits per heavy atom. The van der Waals surface area contributed by atoms with Crippen LogP contribution in [0.4, 0.5) is 0 Å². The lowest BCUT2D eigenvalue weighted by atomic mass is 9.93. The van der Waals surface area contributed by atoms with Crippen molar-refractivity contribution in [2.45, 2.75) is 4.90 Å². The fraction of sp³-hybridized carbons (Fsp3) is 0. The summed E-state index contributed by atoms with van der Waals surface area (Å²) in [5.41, 5.74) is 3.45. The van der Waals surface area contributed by atoms with Crippen molar-refractivity contribution >= 4 is 20.8 Å². The Balaban J connectivity index is 1.97. The van der Waals surface area contributed by atoms with Gasteiger partial charge in [0.2, 0.25) is 10.0 Å². The third-order valence-corrected chi connectivity index (χ3v) is 5.44. The molecule has 26 heavy (non-hydrogen) atoms. The van der Waals surface area contributed by atoms with Crippen LogP contribution < -0.4 is 5.14 Å². The Labute approximate surface area is 152 Å². The van der Waals surface area contributed by atoms with Crippen LogP contribution in [0, 0.1) is 0 Å². The topological polar surface area (TPSA) is 60.2 Å². The number of hydrogen-bond donors (Lipinski definition) is 1. The van der Waals surface area contributed by atoms with Gasteiger partial charge in [-0.2, -0.15) is 0 Å². The van der Waals surface area contributed by atoms with Gasteiger partial charge in [-0.15, -0.1) is 0 Å². The van der Waals surface area contributed by atoms with Gasteiger partial charge in [-0.3, -0.25) is 0 Å². The van der Waals surface area contributed by atoms with Crippen molar-refractivity contribution in [1.29, 1.82) is 0 Å². The van der Waals surface area contributed by atoms with E-state index in [1.54, 1.807) is 18.2 Å². The first-order valence-electron chi connectivity index (χ1n) is 8.24. The Bertz CT molecular complexity index is 1210. The molecule has 0 amide bonds. The van der Waals surface area contributed by atoms with Crippen LogP contribution in [0.3, 0.4) is 0 Å². The van der Waals surface area contributed by atoms with Gasteiger partial charge < -0.3 is 0 Å². The monoisotopic (exact) mass is 359 g/mol. The summed E-state index contributed by atoms with van der Waals surface area (Å²) in [5, 5.41) is 7.73. The van der Waals surface area contributed by atoms with Gasteiger partial charge in [0.25, 0.3) is 0 Å². The zero-order valence-electron chi connectivity index (χ0n) is 14.0. The lowest BCUT2D eigenvalue weighted by molar-refractivity contribution is 0.598. The Morgan fingerprint density at radius 1 is 0.577 bits per heavy atom. The van der Waals surface area contributed by atoms with Gasteiger partial charge in [0.15, 0.2) is 0 Å². The highest BCUT2D eigenvalue weighted by Gasteiger charge is 2.17. The Hall–Kier alpha value is -2.95. The molecule has 2 N–H and O–H groups in total. The maximum absolute atomic E-state index is 12.0. The van der Waals surface area contributed by atoms with E-state index in [0.717, 1.165) is 22.1 Å².